The Bertz CT molecular complexity index is 952. The lowest BCUT2D eigenvalue weighted by atomic mass is 10.0. The minimum absolute atomic E-state index is 0.00142. The Kier molecular flexibility index (Phi) is 4.58. The van der Waals surface area contributed by atoms with E-state index in [0.717, 1.165) is 40.9 Å². The van der Waals surface area contributed by atoms with Crippen molar-refractivity contribution in [3.63, 3.8) is 0 Å². The van der Waals surface area contributed by atoms with Gasteiger partial charge in [0.15, 0.2) is 0 Å². The number of hydrogen-bond acceptors (Lipinski definition) is 3. The molecule has 0 saturated heterocycles. The molecule has 0 spiro atoms. The van der Waals surface area contributed by atoms with Gasteiger partial charge in [0.1, 0.15) is 29.7 Å². The second kappa shape index (κ2) is 7.19. The summed E-state index contributed by atoms with van der Waals surface area (Å²) >= 11 is 0. The van der Waals surface area contributed by atoms with Gasteiger partial charge in [0.05, 0.1) is 0 Å². The number of amides is 1. The molecule has 2 heterocycles. The number of nitrogens with one attached hydrogen (secondary N) is 1. The summed E-state index contributed by atoms with van der Waals surface area (Å²) in [6.07, 6.45) is 0.594. The van der Waals surface area contributed by atoms with Crippen molar-refractivity contribution in [2.75, 3.05) is 6.54 Å². The van der Waals surface area contributed by atoms with Crippen molar-refractivity contribution in [2.45, 2.75) is 19.6 Å². The van der Waals surface area contributed by atoms with E-state index in [2.05, 4.69) is 10.2 Å². The summed E-state index contributed by atoms with van der Waals surface area (Å²) in [5.74, 6) is -1.21. The SMILES string of the molecule is O=C(c1cc(F)cc(F)c1)N1CCc2[nH]nc(COc3ccccc3)c2C1. The number of nitrogens with zero attached hydrogens (tertiary/aromatic N) is 2. The van der Waals surface area contributed by atoms with E-state index in [9.17, 15) is 13.6 Å². The van der Waals surface area contributed by atoms with Crippen molar-refractivity contribution < 1.29 is 18.3 Å². The van der Waals surface area contributed by atoms with Crippen LogP contribution in [-0.2, 0) is 19.6 Å². The summed E-state index contributed by atoms with van der Waals surface area (Å²) < 4.78 is 32.6. The second-order valence-corrected chi connectivity index (χ2v) is 6.36. The van der Waals surface area contributed by atoms with Crippen molar-refractivity contribution in [1.82, 2.24) is 15.1 Å². The van der Waals surface area contributed by atoms with Crippen LogP contribution in [0.25, 0.3) is 0 Å². The molecule has 2 aromatic carbocycles. The molecular weight excluding hydrogens is 352 g/mol. The molecule has 1 N–H and O–H groups in total. The lowest BCUT2D eigenvalue weighted by Gasteiger charge is -2.27. The van der Waals surface area contributed by atoms with E-state index >= 15 is 0 Å². The van der Waals surface area contributed by atoms with Crippen molar-refractivity contribution in [3.05, 3.63) is 82.7 Å². The average molecular weight is 369 g/mol. The van der Waals surface area contributed by atoms with Crippen LogP contribution in [0.5, 0.6) is 5.75 Å². The molecule has 7 heteroatoms. The highest BCUT2D eigenvalue weighted by atomic mass is 19.1. The Balaban J connectivity index is 1.50. The molecule has 27 heavy (non-hydrogen) atoms. The first kappa shape index (κ1) is 17.2. The Hall–Kier alpha value is -3.22. The van der Waals surface area contributed by atoms with Crippen LogP contribution >= 0.6 is 0 Å². The highest BCUT2D eigenvalue weighted by Gasteiger charge is 2.26. The molecule has 0 bridgehead atoms. The van der Waals surface area contributed by atoms with Gasteiger partial charge >= 0.3 is 0 Å². The summed E-state index contributed by atoms with van der Waals surface area (Å²) in [5.41, 5.74) is 2.57. The zero-order valence-corrected chi connectivity index (χ0v) is 14.4. The van der Waals surface area contributed by atoms with E-state index in [1.165, 1.54) is 0 Å². The molecule has 1 aromatic heterocycles. The van der Waals surface area contributed by atoms with Gasteiger partial charge in [-0.15, -0.1) is 0 Å². The predicted octanol–water partition coefficient (Wildman–Crippen LogP) is 3.47. The maximum atomic E-state index is 13.4. The number of aromatic amines is 1. The van der Waals surface area contributed by atoms with E-state index < -0.39 is 17.5 Å². The van der Waals surface area contributed by atoms with Crippen LogP contribution in [-0.4, -0.2) is 27.5 Å². The third-order valence-electron chi connectivity index (χ3n) is 4.53. The van der Waals surface area contributed by atoms with Gasteiger partial charge in [-0.05, 0) is 24.3 Å². The van der Waals surface area contributed by atoms with Gasteiger partial charge in [-0.3, -0.25) is 9.89 Å². The fraction of sp³-hybridized carbons (Fsp3) is 0.200. The smallest absolute Gasteiger partial charge is 0.254 e. The minimum Gasteiger partial charge on any atom is -0.487 e. The number of carbonyl (C=O) groups excluding carboxylic acids is 1. The number of halogens is 2. The fourth-order valence-electron chi connectivity index (χ4n) is 3.18. The van der Waals surface area contributed by atoms with Gasteiger partial charge in [-0.2, -0.15) is 5.10 Å². The maximum Gasteiger partial charge on any atom is 0.254 e. The normalized spacial score (nSPS) is 13.3. The predicted molar refractivity (Wildman–Crippen MR) is 94.2 cm³/mol. The maximum absolute atomic E-state index is 13.4. The van der Waals surface area contributed by atoms with E-state index in [0.29, 0.717) is 19.5 Å². The van der Waals surface area contributed by atoms with Crippen molar-refractivity contribution >= 4 is 5.91 Å². The highest BCUT2D eigenvalue weighted by molar-refractivity contribution is 5.94. The molecule has 0 unspecified atom stereocenters. The number of carbonyl (C=O) groups is 1. The summed E-state index contributed by atoms with van der Waals surface area (Å²) in [6.45, 7) is 1.04. The molecule has 1 amide bonds. The largest absolute Gasteiger partial charge is 0.487 e. The monoisotopic (exact) mass is 369 g/mol. The third-order valence-corrected chi connectivity index (χ3v) is 4.53. The number of ether oxygens (including phenoxy) is 1. The molecule has 0 saturated carbocycles. The molecular formula is C20H17F2N3O2. The summed E-state index contributed by atoms with van der Waals surface area (Å²) in [7, 11) is 0. The molecule has 1 aliphatic heterocycles. The summed E-state index contributed by atoms with van der Waals surface area (Å²) in [4.78, 5) is 14.2. The van der Waals surface area contributed by atoms with Gasteiger partial charge in [0.25, 0.3) is 5.91 Å². The molecule has 1 aliphatic rings. The molecule has 4 rings (SSSR count). The van der Waals surface area contributed by atoms with Gasteiger partial charge in [0.2, 0.25) is 0 Å². The molecule has 0 fully saturated rings. The van der Waals surface area contributed by atoms with Crippen LogP contribution in [0.3, 0.4) is 0 Å². The Morgan fingerprint density at radius 2 is 1.89 bits per heavy atom. The topological polar surface area (TPSA) is 58.2 Å². The van der Waals surface area contributed by atoms with E-state index in [-0.39, 0.29) is 12.2 Å². The van der Waals surface area contributed by atoms with Crippen LogP contribution in [0.15, 0.2) is 48.5 Å². The Labute approximate surface area is 154 Å². The number of aromatic nitrogens is 2. The highest BCUT2D eigenvalue weighted by Crippen LogP contribution is 2.23. The number of benzene rings is 2. The second-order valence-electron chi connectivity index (χ2n) is 6.36. The summed E-state index contributed by atoms with van der Waals surface area (Å²) in [6, 6.07) is 12.2. The molecule has 3 aromatic rings. The number of fused-ring (bicyclic) bond motifs is 1. The fourth-order valence-corrected chi connectivity index (χ4v) is 3.18. The van der Waals surface area contributed by atoms with Crippen LogP contribution in [0.1, 0.15) is 27.3 Å². The zero-order chi connectivity index (χ0) is 18.8. The van der Waals surface area contributed by atoms with Gasteiger partial charge < -0.3 is 9.64 Å². The first-order chi connectivity index (χ1) is 13.1. The molecule has 0 aliphatic carbocycles. The van der Waals surface area contributed by atoms with Crippen molar-refractivity contribution in [1.29, 1.82) is 0 Å². The zero-order valence-electron chi connectivity index (χ0n) is 14.4. The third kappa shape index (κ3) is 3.67. The van der Waals surface area contributed by atoms with Gasteiger partial charge in [-0.25, -0.2) is 8.78 Å². The van der Waals surface area contributed by atoms with Crippen molar-refractivity contribution in [3.8, 4) is 5.75 Å². The van der Waals surface area contributed by atoms with Crippen LogP contribution in [0.2, 0.25) is 0 Å². The molecule has 5 nitrogen and oxygen atoms in total. The van der Waals surface area contributed by atoms with Gasteiger partial charge in [0, 0.05) is 42.4 Å². The lowest BCUT2D eigenvalue weighted by molar-refractivity contribution is 0.0732. The van der Waals surface area contributed by atoms with Crippen LogP contribution < -0.4 is 4.74 Å². The van der Waals surface area contributed by atoms with E-state index in [4.69, 9.17) is 4.74 Å². The molecule has 138 valence electrons. The Morgan fingerprint density at radius 1 is 1.15 bits per heavy atom. The van der Waals surface area contributed by atoms with Crippen molar-refractivity contribution in [2.24, 2.45) is 0 Å². The van der Waals surface area contributed by atoms with Gasteiger partial charge in [-0.1, -0.05) is 18.2 Å². The van der Waals surface area contributed by atoms with E-state index in [1.54, 1.807) is 4.90 Å². The first-order valence-electron chi connectivity index (χ1n) is 8.58. The Morgan fingerprint density at radius 3 is 2.63 bits per heavy atom. The lowest BCUT2D eigenvalue weighted by Crippen LogP contribution is -2.36. The standard InChI is InChI=1S/C20H17F2N3O2/c21-14-8-13(9-15(22)10-14)20(26)25-7-6-18-17(11-25)19(24-23-18)12-27-16-4-2-1-3-5-16/h1-5,8-10H,6-7,11-12H2,(H,23,24). The van der Waals surface area contributed by atoms with E-state index in [1.807, 2.05) is 30.3 Å². The summed E-state index contributed by atoms with van der Waals surface area (Å²) in [5, 5.41) is 7.29. The first-order valence-corrected chi connectivity index (χ1v) is 8.58. The minimum atomic E-state index is -0.767. The number of rotatable bonds is 4. The number of hydrogen-bond donors (Lipinski definition) is 1. The number of para-hydroxylation sites is 1. The number of H-pyrrole nitrogens is 1. The molecule has 0 atom stereocenters. The average Bonchev–Trinajstić information content (AvgIpc) is 3.08. The van der Waals surface area contributed by atoms with Crippen LogP contribution in [0, 0.1) is 11.6 Å². The quantitative estimate of drug-likeness (QED) is 0.766. The van der Waals surface area contributed by atoms with Crippen LogP contribution in [0.4, 0.5) is 8.78 Å². The molecule has 0 radical (unpaired) electrons.